The Labute approximate surface area is 187 Å². The third kappa shape index (κ3) is 3.30. The number of hydrogen-bond acceptors (Lipinski definition) is 4. The van der Waals surface area contributed by atoms with Gasteiger partial charge in [-0.15, -0.1) is 0 Å². The molecule has 0 aromatic rings. The number of nitrogens with zero attached hydrogens (tertiary/aromatic N) is 2. The summed E-state index contributed by atoms with van der Waals surface area (Å²) in [7, 11) is 0. The number of fused-ring (bicyclic) bond motifs is 5. The minimum absolute atomic E-state index is 0.0154. The van der Waals surface area contributed by atoms with Crippen molar-refractivity contribution in [3.8, 4) is 0 Å². The van der Waals surface area contributed by atoms with E-state index < -0.39 is 0 Å². The van der Waals surface area contributed by atoms with Gasteiger partial charge in [0.15, 0.2) is 0 Å². The van der Waals surface area contributed by atoms with Crippen molar-refractivity contribution < 1.29 is 10.2 Å². The molecule has 0 spiro atoms. The van der Waals surface area contributed by atoms with E-state index in [-0.39, 0.29) is 23.7 Å². The molecule has 0 heterocycles. The zero-order valence-corrected chi connectivity index (χ0v) is 19.2. The van der Waals surface area contributed by atoms with Crippen LogP contribution < -0.4 is 0 Å². The predicted octanol–water partition coefficient (Wildman–Crippen LogP) is 5.34. The molecule has 6 unspecified atom stereocenters. The van der Waals surface area contributed by atoms with Crippen LogP contribution in [0, 0.1) is 28.6 Å². The summed E-state index contributed by atoms with van der Waals surface area (Å²) in [4.78, 5) is 6.06. The van der Waals surface area contributed by atoms with Gasteiger partial charge in [-0.1, -0.05) is 44.7 Å². The van der Waals surface area contributed by atoms with E-state index in [4.69, 9.17) is 0 Å². The van der Waals surface area contributed by atoms with Crippen molar-refractivity contribution in [3.05, 3.63) is 60.1 Å². The van der Waals surface area contributed by atoms with E-state index in [1.807, 2.05) is 4.90 Å². The lowest BCUT2D eigenvalue weighted by Gasteiger charge is -2.58. The number of aliphatic hydroxyl groups is 2. The Hall–Kier alpha value is -1.91. The topological polar surface area (TPSA) is 56.1 Å². The van der Waals surface area contributed by atoms with Gasteiger partial charge >= 0.3 is 0 Å². The molecule has 4 rings (SSSR count). The lowest BCUT2D eigenvalue weighted by Crippen LogP contribution is -2.51. The van der Waals surface area contributed by atoms with E-state index in [1.54, 1.807) is 12.2 Å². The molecule has 2 fully saturated rings. The van der Waals surface area contributed by atoms with Gasteiger partial charge in [-0.25, -0.2) is 0 Å². The van der Waals surface area contributed by atoms with E-state index in [0.717, 1.165) is 44.2 Å². The number of aliphatic hydroxyl groups excluding tert-OH is 2. The molecule has 2 saturated carbocycles. The lowest BCUT2D eigenvalue weighted by atomic mass is 9.47. The van der Waals surface area contributed by atoms with Crippen LogP contribution >= 0.6 is 0 Å². The van der Waals surface area contributed by atoms with Crippen LogP contribution in [0.4, 0.5) is 0 Å². The molecule has 0 aromatic carbocycles. The second-order valence-corrected chi connectivity index (χ2v) is 10.3. The third-order valence-corrected chi connectivity index (χ3v) is 9.16. The molecule has 4 heteroatoms. The van der Waals surface area contributed by atoms with Crippen molar-refractivity contribution in [1.82, 2.24) is 4.90 Å². The van der Waals surface area contributed by atoms with Crippen molar-refractivity contribution in [1.29, 1.82) is 0 Å². The highest BCUT2D eigenvalue weighted by molar-refractivity contribution is 5.41. The van der Waals surface area contributed by atoms with Crippen LogP contribution in [0.3, 0.4) is 0 Å². The number of allylic oxidation sites excluding steroid dienone is 5. The van der Waals surface area contributed by atoms with Crippen molar-refractivity contribution >= 4 is 6.72 Å². The number of hydrogen-bond donors (Lipinski definition) is 2. The highest BCUT2D eigenvalue weighted by Gasteiger charge is 2.57. The molecule has 0 amide bonds. The van der Waals surface area contributed by atoms with Gasteiger partial charge in [0.25, 0.3) is 0 Å². The van der Waals surface area contributed by atoms with E-state index in [2.05, 4.69) is 50.9 Å². The van der Waals surface area contributed by atoms with Crippen molar-refractivity contribution in [3.63, 3.8) is 0 Å². The quantitative estimate of drug-likeness (QED) is 0.263. The van der Waals surface area contributed by atoms with Crippen LogP contribution in [0.5, 0.6) is 0 Å². The van der Waals surface area contributed by atoms with Gasteiger partial charge in [0.1, 0.15) is 6.73 Å². The Morgan fingerprint density at radius 3 is 2.52 bits per heavy atom. The average Bonchev–Trinajstić information content (AvgIpc) is 3.11. The van der Waals surface area contributed by atoms with Gasteiger partial charge < -0.3 is 15.1 Å². The summed E-state index contributed by atoms with van der Waals surface area (Å²) < 4.78 is 0. The largest absolute Gasteiger partial charge is 0.393 e. The van der Waals surface area contributed by atoms with Crippen molar-refractivity contribution in [2.45, 2.75) is 64.9 Å². The Morgan fingerprint density at radius 1 is 1.13 bits per heavy atom. The SMILES string of the molecule is C=C/C(N=C)=C(\C=C)N(CO)C1=CCC2C3CC=C4CC(O)CCC4(C)C3CCC12C. The number of rotatable bonds is 6. The molecule has 168 valence electrons. The van der Waals surface area contributed by atoms with Crippen LogP contribution in [0.2, 0.25) is 0 Å². The fraction of sp³-hybridized carbons (Fsp3) is 0.593. The number of aliphatic imine (C=N–C) groups is 1. The maximum atomic E-state index is 10.4. The standard InChI is InChI=1S/C27H38N2O2/c1-6-23(28-5)24(7-2)29(17-30)25-11-10-21-20-9-8-18-16-19(31)12-14-26(18,3)22(20)13-15-27(21,25)4/h6-8,11,19-22,30-31H,1-2,5,9-10,12-17H2,3-4H3/b24-23-. The van der Waals surface area contributed by atoms with Crippen LogP contribution in [0.25, 0.3) is 0 Å². The molecule has 31 heavy (non-hydrogen) atoms. The Bertz CT molecular complexity index is 858. The van der Waals surface area contributed by atoms with Gasteiger partial charge in [-0.3, -0.25) is 4.99 Å². The Balaban J connectivity index is 1.66. The first-order valence-corrected chi connectivity index (χ1v) is 11.8. The van der Waals surface area contributed by atoms with Gasteiger partial charge in [-0.2, -0.15) is 0 Å². The minimum Gasteiger partial charge on any atom is -0.393 e. The first-order chi connectivity index (χ1) is 14.8. The van der Waals surface area contributed by atoms with Crippen LogP contribution in [0.15, 0.2) is 65.1 Å². The predicted molar refractivity (Wildman–Crippen MR) is 127 cm³/mol. The molecular formula is C27H38N2O2. The second-order valence-electron chi connectivity index (χ2n) is 10.3. The van der Waals surface area contributed by atoms with Crippen LogP contribution in [-0.4, -0.2) is 34.7 Å². The van der Waals surface area contributed by atoms with Crippen LogP contribution in [0.1, 0.15) is 58.8 Å². The van der Waals surface area contributed by atoms with Gasteiger partial charge in [0, 0.05) is 11.1 Å². The highest BCUT2D eigenvalue weighted by Crippen LogP contribution is 2.65. The Morgan fingerprint density at radius 2 is 1.87 bits per heavy atom. The van der Waals surface area contributed by atoms with Gasteiger partial charge in [-0.05, 0) is 87.0 Å². The van der Waals surface area contributed by atoms with E-state index in [9.17, 15) is 10.2 Å². The molecule has 0 saturated heterocycles. The summed E-state index contributed by atoms with van der Waals surface area (Å²) in [5.41, 5.74) is 4.35. The van der Waals surface area contributed by atoms with E-state index >= 15 is 0 Å². The molecule has 0 aliphatic heterocycles. The fourth-order valence-corrected chi connectivity index (χ4v) is 7.49. The van der Waals surface area contributed by atoms with E-state index in [1.165, 1.54) is 17.7 Å². The third-order valence-electron chi connectivity index (χ3n) is 9.16. The minimum atomic E-state index is -0.163. The molecule has 2 N–H and O–H groups in total. The lowest BCUT2D eigenvalue weighted by molar-refractivity contribution is -0.0374. The van der Waals surface area contributed by atoms with Crippen molar-refractivity contribution in [2.24, 2.45) is 33.6 Å². The summed E-state index contributed by atoms with van der Waals surface area (Å²) in [6.07, 6.45) is 15.4. The average molecular weight is 423 g/mol. The summed E-state index contributed by atoms with van der Waals surface area (Å²) in [5, 5.41) is 20.6. The van der Waals surface area contributed by atoms with Gasteiger partial charge in [0.2, 0.25) is 0 Å². The van der Waals surface area contributed by atoms with E-state index in [0.29, 0.717) is 23.5 Å². The molecular weight excluding hydrogens is 384 g/mol. The summed E-state index contributed by atoms with van der Waals surface area (Å²) in [6.45, 7) is 16.2. The smallest absolute Gasteiger partial charge is 0.120 e. The highest BCUT2D eigenvalue weighted by atomic mass is 16.3. The zero-order valence-electron chi connectivity index (χ0n) is 19.2. The molecule has 4 aliphatic carbocycles. The summed E-state index contributed by atoms with van der Waals surface area (Å²) >= 11 is 0. The molecule has 4 nitrogen and oxygen atoms in total. The molecule has 6 atom stereocenters. The summed E-state index contributed by atoms with van der Waals surface area (Å²) in [5.74, 6) is 1.89. The first kappa shape index (κ1) is 22.3. The molecule has 0 radical (unpaired) electrons. The second kappa shape index (κ2) is 8.22. The maximum Gasteiger partial charge on any atom is 0.120 e. The normalized spacial score (nSPS) is 39.7. The maximum absolute atomic E-state index is 10.4. The van der Waals surface area contributed by atoms with Crippen LogP contribution in [-0.2, 0) is 0 Å². The zero-order chi connectivity index (χ0) is 22.4. The van der Waals surface area contributed by atoms with Gasteiger partial charge in [0.05, 0.1) is 17.5 Å². The van der Waals surface area contributed by atoms with Crippen molar-refractivity contribution in [2.75, 3.05) is 6.73 Å². The Kier molecular flexibility index (Phi) is 5.91. The fourth-order valence-electron chi connectivity index (χ4n) is 7.49. The molecule has 0 bridgehead atoms. The monoisotopic (exact) mass is 422 g/mol. The summed E-state index contributed by atoms with van der Waals surface area (Å²) in [6, 6.07) is 0. The molecule has 0 aromatic heterocycles. The molecule has 4 aliphatic rings. The first-order valence-electron chi connectivity index (χ1n) is 11.8.